The Morgan fingerprint density at radius 3 is 2.19 bits per heavy atom. The molecule has 0 unspecified atom stereocenters. The van der Waals surface area contributed by atoms with E-state index in [0.29, 0.717) is 5.69 Å². The SMILES string of the molecule is CC(=O)Nc1ccc(S(=O)(=O)N(C)CC(=O)N[C@@H](C)c2ccccc2)cc1. The summed E-state index contributed by atoms with van der Waals surface area (Å²) in [6.07, 6.45) is 0. The minimum Gasteiger partial charge on any atom is -0.348 e. The van der Waals surface area contributed by atoms with Gasteiger partial charge >= 0.3 is 0 Å². The van der Waals surface area contributed by atoms with Crippen LogP contribution in [-0.4, -0.2) is 38.1 Å². The van der Waals surface area contributed by atoms with Crippen molar-refractivity contribution in [3.63, 3.8) is 0 Å². The van der Waals surface area contributed by atoms with E-state index in [1.807, 2.05) is 37.3 Å². The van der Waals surface area contributed by atoms with Crippen molar-refractivity contribution < 1.29 is 18.0 Å². The fourth-order valence-corrected chi connectivity index (χ4v) is 3.62. The maximum Gasteiger partial charge on any atom is 0.243 e. The van der Waals surface area contributed by atoms with Crippen LogP contribution in [0.1, 0.15) is 25.5 Å². The largest absolute Gasteiger partial charge is 0.348 e. The number of nitrogens with zero attached hydrogens (tertiary/aromatic N) is 1. The summed E-state index contributed by atoms with van der Waals surface area (Å²) in [5.41, 5.74) is 1.43. The predicted octanol–water partition coefficient (Wildman–Crippen LogP) is 2.14. The zero-order valence-corrected chi connectivity index (χ0v) is 16.3. The first-order valence-corrected chi connectivity index (χ1v) is 9.82. The first kappa shape index (κ1) is 20.6. The first-order chi connectivity index (χ1) is 12.7. The molecule has 2 aromatic rings. The molecule has 2 amide bonds. The summed E-state index contributed by atoms with van der Waals surface area (Å²) in [7, 11) is -2.47. The van der Waals surface area contributed by atoms with E-state index < -0.39 is 15.9 Å². The summed E-state index contributed by atoms with van der Waals surface area (Å²) in [5, 5.41) is 5.36. The summed E-state index contributed by atoms with van der Waals surface area (Å²) >= 11 is 0. The molecule has 2 aromatic carbocycles. The first-order valence-electron chi connectivity index (χ1n) is 8.38. The molecule has 2 rings (SSSR count). The minimum atomic E-state index is -3.82. The van der Waals surface area contributed by atoms with Crippen molar-refractivity contribution in [2.75, 3.05) is 18.9 Å². The number of rotatable bonds is 7. The molecule has 144 valence electrons. The molecule has 0 saturated carbocycles. The van der Waals surface area contributed by atoms with Crippen LogP contribution in [0.3, 0.4) is 0 Å². The van der Waals surface area contributed by atoms with Gasteiger partial charge in [-0.1, -0.05) is 30.3 Å². The molecule has 0 aliphatic rings. The Balaban J connectivity index is 2.01. The van der Waals surface area contributed by atoms with Crippen LogP contribution in [0.25, 0.3) is 0 Å². The Hall–Kier alpha value is -2.71. The van der Waals surface area contributed by atoms with Gasteiger partial charge in [0.1, 0.15) is 0 Å². The molecule has 0 bridgehead atoms. The normalized spacial score (nSPS) is 12.4. The minimum absolute atomic E-state index is 0.0445. The summed E-state index contributed by atoms with van der Waals surface area (Å²) in [6.45, 7) is 2.91. The van der Waals surface area contributed by atoms with Gasteiger partial charge in [-0.3, -0.25) is 9.59 Å². The van der Waals surface area contributed by atoms with Crippen molar-refractivity contribution in [3.05, 3.63) is 60.2 Å². The molecule has 0 saturated heterocycles. The van der Waals surface area contributed by atoms with Crippen molar-refractivity contribution >= 4 is 27.5 Å². The highest BCUT2D eigenvalue weighted by molar-refractivity contribution is 7.89. The number of likely N-dealkylation sites (N-methyl/N-ethyl adjacent to an activating group) is 1. The van der Waals surface area contributed by atoms with Gasteiger partial charge in [0.15, 0.2) is 0 Å². The second kappa shape index (κ2) is 8.79. The van der Waals surface area contributed by atoms with Gasteiger partial charge < -0.3 is 10.6 Å². The lowest BCUT2D eigenvalue weighted by Gasteiger charge is -2.19. The Kier molecular flexibility index (Phi) is 6.70. The Labute approximate surface area is 159 Å². The van der Waals surface area contributed by atoms with Crippen molar-refractivity contribution in [2.24, 2.45) is 0 Å². The molecule has 1 atom stereocenters. The zero-order valence-electron chi connectivity index (χ0n) is 15.5. The molecular formula is C19H23N3O4S. The molecule has 0 aliphatic heterocycles. The smallest absolute Gasteiger partial charge is 0.243 e. The van der Waals surface area contributed by atoms with E-state index in [-0.39, 0.29) is 23.4 Å². The third-order valence-corrected chi connectivity index (χ3v) is 5.74. The Morgan fingerprint density at radius 1 is 1.04 bits per heavy atom. The van der Waals surface area contributed by atoms with Crippen molar-refractivity contribution in [1.29, 1.82) is 0 Å². The van der Waals surface area contributed by atoms with Crippen LogP contribution in [0.15, 0.2) is 59.5 Å². The van der Waals surface area contributed by atoms with Crippen LogP contribution in [0.4, 0.5) is 5.69 Å². The second-order valence-electron chi connectivity index (χ2n) is 6.17. The fourth-order valence-electron chi connectivity index (χ4n) is 2.49. The quantitative estimate of drug-likeness (QED) is 0.758. The average Bonchev–Trinajstić information content (AvgIpc) is 2.62. The number of anilines is 1. The van der Waals surface area contributed by atoms with Crippen molar-refractivity contribution in [3.8, 4) is 0 Å². The van der Waals surface area contributed by atoms with Gasteiger partial charge in [-0.25, -0.2) is 8.42 Å². The molecule has 0 heterocycles. The molecule has 2 N–H and O–H groups in total. The number of hydrogen-bond acceptors (Lipinski definition) is 4. The number of benzene rings is 2. The number of carbonyl (C=O) groups excluding carboxylic acids is 2. The van der Waals surface area contributed by atoms with Crippen LogP contribution in [0, 0.1) is 0 Å². The van der Waals surface area contributed by atoms with Gasteiger partial charge in [-0.2, -0.15) is 4.31 Å². The second-order valence-corrected chi connectivity index (χ2v) is 8.21. The van der Waals surface area contributed by atoms with E-state index in [9.17, 15) is 18.0 Å². The van der Waals surface area contributed by atoms with Gasteiger partial charge in [0, 0.05) is 19.7 Å². The van der Waals surface area contributed by atoms with Gasteiger partial charge in [-0.15, -0.1) is 0 Å². The zero-order chi connectivity index (χ0) is 20.0. The number of hydrogen-bond donors (Lipinski definition) is 2. The highest BCUT2D eigenvalue weighted by atomic mass is 32.2. The summed E-state index contributed by atoms with van der Waals surface area (Å²) in [6, 6.07) is 15.0. The summed E-state index contributed by atoms with van der Waals surface area (Å²) in [5.74, 6) is -0.640. The number of amides is 2. The third-order valence-electron chi connectivity index (χ3n) is 3.93. The van der Waals surface area contributed by atoms with Crippen LogP contribution in [-0.2, 0) is 19.6 Å². The molecule has 0 fully saturated rings. The Morgan fingerprint density at radius 2 is 1.63 bits per heavy atom. The molecule has 0 radical (unpaired) electrons. The van der Waals surface area contributed by atoms with Crippen LogP contribution in [0.5, 0.6) is 0 Å². The molecule has 0 aliphatic carbocycles. The van der Waals surface area contributed by atoms with Gasteiger partial charge in [0.05, 0.1) is 17.5 Å². The molecule has 27 heavy (non-hydrogen) atoms. The highest BCUT2D eigenvalue weighted by Crippen LogP contribution is 2.18. The molecule has 7 nitrogen and oxygen atoms in total. The topological polar surface area (TPSA) is 95.6 Å². The lowest BCUT2D eigenvalue weighted by atomic mass is 10.1. The lowest BCUT2D eigenvalue weighted by Crippen LogP contribution is -2.39. The van der Waals surface area contributed by atoms with Crippen molar-refractivity contribution in [1.82, 2.24) is 9.62 Å². The van der Waals surface area contributed by atoms with Crippen LogP contribution < -0.4 is 10.6 Å². The highest BCUT2D eigenvalue weighted by Gasteiger charge is 2.23. The van der Waals surface area contributed by atoms with E-state index in [2.05, 4.69) is 10.6 Å². The number of carbonyl (C=O) groups is 2. The van der Waals surface area contributed by atoms with Gasteiger partial charge in [0.25, 0.3) is 0 Å². The summed E-state index contributed by atoms with van der Waals surface area (Å²) in [4.78, 5) is 23.3. The van der Waals surface area contributed by atoms with E-state index in [0.717, 1.165) is 9.87 Å². The van der Waals surface area contributed by atoms with E-state index in [1.165, 1.54) is 38.2 Å². The molecule has 0 aromatic heterocycles. The third kappa shape index (κ3) is 5.63. The van der Waals surface area contributed by atoms with E-state index in [1.54, 1.807) is 0 Å². The maximum atomic E-state index is 12.6. The van der Waals surface area contributed by atoms with Crippen LogP contribution in [0.2, 0.25) is 0 Å². The average molecular weight is 389 g/mol. The Bertz CT molecular complexity index is 896. The molecular weight excluding hydrogens is 366 g/mol. The standard InChI is InChI=1S/C19H23N3O4S/c1-14(16-7-5-4-6-8-16)20-19(24)13-22(3)27(25,26)18-11-9-17(10-12-18)21-15(2)23/h4-12,14H,13H2,1-3H3,(H,20,24)(H,21,23)/t14-/m0/s1. The monoisotopic (exact) mass is 389 g/mol. The predicted molar refractivity (Wildman–Crippen MR) is 104 cm³/mol. The summed E-state index contributed by atoms with van der Waals surface area (Å²) < 4.78 is 26.2. The fraction of sp³-hybridized carbons (Fsp3) is 0.263. The molecule has 8 heteroatoms. The number of nitrogens with one attached hydrogen (secondary N) is 2. The van der Waals surface area contributed by atoms with Gasteiger partial charge in [0.2, 0.25) is 21.8 Å². The maximum absolute atomic E-state index is 12.6. The van der Waals surface area contributed by atoms with Crippen molar-refractivity contribution in [2.45, 2.75) is 24.8 Å². The number of sulfonamides is 1. The van der Waals surface area contributed by atoms with E-state index >= 15 is 0 Å². The van der Waals surface area contributed by atoms with Gasteiger partial charge in [-0.05, 0) is 36.8 Å². The lowest BCUT2D eigenvalue weighted by molar-refractivity contribution is -0.121. The van der Waals surface area contributed by atoms with Crippen LogP contribution >= 0.6 is 0 Å². The van der Waals surface area contributed by atoms with E-state index in [4.69, 9.17) is 0 Å². The molecule has 0 spiro atoms.